The third kappa shape index (κ3) is 2.60. The van der Waals surface area contributed by atoms with E-state index in [1.807, 2.05) is 24.3 Å². The SMILES string of the molecule is CCCC1CC1NC(=O)N1c2ccccc2CC1C(=O)O. The highest BCUT2D eigenvalue weighted by atomic mass is 16.4. The Morgan fingerprint density at radius 1 is 1.38 bits per heavy atom. The van der Waals surface area contributed by atoms with Gasteiger partial charge >= 0.3 is 12.0 Å². The van der Waals surface area contributed by atoms with Crippen molar-refractivity contribution in [1.29, 1.82) is 0 Å². The number of rotatable bonds is 4. The van der Waals surface area contributed by atoms with Gasteiger partial charge in [-0.3, -0.25) is 4.90 Å². The van der Waals surface area contributed by atoms with Gasteiger partial charge in [0, 0.05) is 18.2 Å². The zero-order valence-corrected chi connectivity index (χ0v) is 12.1. The van der Waals surface area contributed by atoms with Crippen LogP contribution >= 0.6 is 0 Å². The Balaban J connectivity index is 1.75. The molecule has 1 saturated carbocycles. The van der Waals surface area contributed by atoms with E-state index in [-0.39, 0.29) is 12.1 Å². The van der Waals surface area contributed by atoms with Crippen LogP contribution in [-0.2, 0) is 11.2 Å². The van der Waals surface area contributed by atoms with Gasteiger partial charge in [0.15, 0.2) is 0 Å². The minimum absolute atomic E-state index is 0.208. The number of aliphatic carboxylic acids is 1. The number of carboxylic acids is 1. The number of carbonyl (C=O) groups is 2. The van der Waals surface area contributed by atoms with E-state index in [4.69, 9.17) is 0 Å². The first kappa shape index (κ1) is 13.9. The van der Waals surface area contributed by atoms with E-state index in [1.165, 1.54) is 4.90 Å². The Kier molecular flexibility index (Phi) is 3.57. The van der Waals surface area contributed by atoms with Crippen LogP contribution in [0.2, 0.25) is 0 Å². The number of nitrogens with one attached hydrogen (secondary N) is 1. The summed E-state index contributed by atoms with van der Waals surface area (Å²) in [6.07, 6.45) is 3.61. The lowest BCUT2D eigenvalue weighted by atomic mass is 10.1. The number of nitrogens with zero attached hydrogens (tertiary/aromatic N) is 1. The molecule has 1 heterocycles. The summed E-state index contributed by atoms with van der Waals surface area (Å²) in [4.78, 5) is 25.3. The molecular weight excluding hydrogens is 268 g/mol. The molecule has 3 unspecified atom stereocenters. The predicted octanol–water partition coefficient (Wildman–Crippen LogP) is 2.40. The molecule has 1 aliphatic heterocycles. The van der Waals surface area contributed by atoms with Crippen LogP contribution < -0.4 is 10.2 Å². The van der Waals surface area contributed by atoms with Crippen molar-refractivity contribution in [2.24, 2.45) is 5.92 Å². The van der Waals surface area contributed by atoms with Crippen LogP contribution in [0.4, 0.5) is 10.5 Å². The second-order valence-corrected chi connectivity index (χ2v) is 5.90. The molecule has 1 fully saturated rings. The van der Waals surface area contributed by atoms with Crippen LogP contribution in [0, 0.1) is 5.92 Å². The van der Waals surface area contributed by atoms with Crippen LogP contribution in [0.5, 0.6) is 0 Å². The van der Waals surface area contributed by atoms with Gasteiger partial charge in [-0.1, -0.05) is 31.5 Å². The van der Waals surface area contributed by atoms with Gasteiger partial charge in [-0.15, -0.1) is 0 Å². The summed E-state index contributed by atoms with van der Waals surface area (Å²) in [7, 11) is 0. The fourth-order valence-corrected chi connectivity index (χ4v) is 3.18. The fourth-order valence-electron chi connectivity index (χ4n) is 3.18. The van der Waals surface area contributed by atoms with E-state index in [2.05, 4.69) is 12.2 Å². The number of para-hydroxylation sites is 1. The highest BCUT2D eigenvalue weighted by Crippen LogP contribution is 2.36. The molecule has 0 saturated heterocycles. The van der Waals surface area contributed by atoms with Crippen molar-refractivity contribution < 1.29 is 14.7 Å². The predicted molar refractivity (Wildman–Crippen MR) is 79.4 cm³/mol. The topological polar surface area (TPSA) is 69.6 Å². The van der Waals surface area contributed by atoms with E-state index in [0.717, 1.165) is 30.5 Å². The zero-order chi connectivity index (χ0) is 15.0. The normalized spacial score (nSPS) is 26.3. The number of hydrogen-bond acceptors (Lipinski definition) is 2. The first-order valence-corrected chi connectivity index (χ1v) is 7.52. The van der Waals surface area contributed by atoms with Crippen LogP contribution in [0.25, 0.3) is 0 Å². The maximum atomic E-state index is 12.5. The van der Waals surface area contributed by atoms with Gasteiger partial charge in [-0.2, -0.15) is 0 Å². The maximum absolute atomic E-state index is 12.5. The van der Waals surface area contributed by atoms with Crippen LogP contribution in [-0.4, -0.2) is 29.2 Å². The van der Waals surface area contributed by atoms with Crippen molar-refractivity contribution in [3.63, 3.8) is 0 Å². The summed E-state index contributed by atoms with van der Waals surface area (Å²) in [5, 5.41) is 12.3. The number of fused-ring (bicyclic) bond motifs is 1. The number of carboxylic acid groups (broad SMARTS) is 1. The summed E-state index contributed by atoms with van der Waals surface area (Å²) in [6, 6.07) is 6.53. The number of hydrogen-bond donors (Lipinski definition) is 2. The molecule has 0 bridgehead atoms. The highest BCUT2D eigenvalue weighted by Gasteiger charge is 2.42. The lowest BCUT2D eigenvalue weighted by molar-refractivity contribution is -0.138. The second kappa shape index (κ2) is 5.39. The largest absolute Gasteiger partial charge is 0.480 e. The Hall–Kier alpha value is -2.04. The standard InChI is InChI=1S/C16H20N2O3/c1-2-5-10-8-12(10)17-16(21)18-13-7-4-3-6-11(13)9-14(18)15(19)20/h3-4,6-7,10,12,14H,2,5,8-9H2,1H3,(H,17,21)(H,19,20). The van der Waals surface area contributed by atoms with Crippen molar-refractivity contribution >= 4 is 17.7 Å². The lowest BCUT2D eigenvalue weighted by Crippen LogP contribution is -2.48. The molecule has 3 atom stereocenters. The summed E-state index contributed by atoms with van der Waals surface area (Å²) in [5.74, 6) is -0.401. The number of carbonyl (C=O) groups excluding carboxylic acids is 1. The number of urea groups is 1. The van der Waals surface area contributed by atoms with E-state index in [1.54, 1.807) is 0 Å². The molecule has 1 aromatic carbocycles. The Labute approximate surface area is 123 Å². The first-order valence-electron chi connectivity index (χ1n) is 7.52. The zero-order valence-electron chi connectivity index (χ0n) is 12.1. The van der Waals surface area contributed by atoms with Crippen molar-refractivity contribution in [2.75, 3.05) is 4.90 Å². The van der Waals surface area contributed by atoms with Crippen molar-refractivity contribution in [3.05, 3.63) is 29.8 Å². The molecule has 5 nitrogen and oxygen atoms in total. The molecular formula is C16H20N2O3. The maximum Gasteiger partial charge on any atom is 0.327 e. The molecule has 112 valence electrons. The van der Waals surface area contributed by atoms with Gasteiger partial charge in [0.05, 0.1) is 0 Å². The summed E-state index contributed by atoms with van der Waals surface area (Å²) >= 11 is 0. The van der Waals surface area contributed by atoms with Crippen LogP contribution in [0.1, 0.15) is 31.7 Å². The van der Waals surface area contributed by atoms with Gasteiger partial charge < -0.3 is 10.4 Å². The molecule has 21 heavy (non-hydrogen) atoms. The average Bonchev–Trinajstić information content (AvgIpc) is 3.04. The van der Waals surface area contributed by atoms with Crippen molar-refractivity contribution in [3.8, 4) is 0 Å². The molecule has 2 aliphatic rings. The monoisotopic (exact) mass is 288 g/mol. The van der Waals surface area contributed by atoms with E-state index in [9.17, 15) is 14.7 Å². The number of amides is 2. The highest BCUT2D eigenvalue weighted by molar-refractivity contribution is 6.01. The van der Waals surface area contributed by atoms with Gasteiger partial charge in [-0.25, -0.2) is 9.59 Å². The van der Waals surface area contributed by atoms with Crippen molar-refractivity contribution in [2.45, 2.75) is 44.7 Å². The number of benzene rings is 1. The average molecular weight is 288 g/mol. The minimum Gasteiger partial charge on any atom is -0.480 e. The van der Waals surface area contributed by atoms with Gasteiger partial charge in [-0.05, 0) is 30.4 Å². The first-order chi connectivity index (χ1) is 10.1. The molecule has 5 heteroatoms. The minimum atomic E-state index is -0.956. The fraction of sp³-hybridized carbons (Fsp3) is 0.500. The molecule has 0 aromatic heterocycles. The summed E-state index contributed by atoms with van der Waals surface area (Å²) in [5.41, 5.74) is 1.64. The smallest absolute Gasteiger partial charge is 0.327 e. The van der Waals surface area contributed by atoms with Crippen LogP contribution in [0.15, 0.2) is 24.3 Å². The van der Waals surface area contributed by atoms with E-state index >= 15 is 0 Å². The molecule has 2 amide bonds. The molecule has 0 radical (unpaired) electrons. The Morgan fingerprint density at radius 2 is 2.14 bits per heavy atom. The van der Waals surface area contributed by atoms with Crippen LogP contribution in [0.3, 0.4) is 0 Å². The molecule has 2 N–H and O–H groups in total. The lowest BCUT2D eigenvalue weighted by Gasteiger charge is -2.23. The third-order valence-electron chi connectivity index (χ3n) is 4.37. The quantitative estimate of drug-likeness (QED) is 0.893. The van der Waals surface area contributed by atoms with Gasteiger partial charge in [0.1, 0.15) is 6.04 Å². The van der Waals surface area contributed by atoms with E-state index in [0.29, 0.717) is 12.3 Å². The molecule has 3 rings (SSSR count). The van der Waals surface area contributed by atoms with Gasteiger partial charge in [0.2, 0.25) is 0 Å². The molecule has 1 aliphatic carbocycles. The van der Waals surface area contributed by atoms with Crippen molar-refractivity contribution in [1.82, 2.24) is 5.32 Å². The molecule has 1 aromatic rings. The summed E-state index contributed by atoms with van der Waals surface area (Å²) in [6.45, 7) is 2.13. The van der Waals surface area contributed by atoms with Gasteiger partial charge in [0.25, 0.3) is 0 Å². The molecule has 0 spiro atoms. The Bertz CT molecular complexity index is 572. The summed E-state index contributed by atoms with van der Waals surface area (Å²) < 4.78 is 0. The van der Waals surface area contributed by atoms with E-state index < -0.39 is 12.0 Å². The second-order valence-electron chi connectivity index (χ2n) is 5.90. The number of anilines is 1. The third-order valence-corrected chi connectivity index (χ3v) is 4.37. The Morgan fingerprint density at radius 3 is 2.86 bits per heavy atom.